The molecule has 5 heteroatoms. The molecule has 3 aromatic heterocycles. The van der Waals surface area contributed by atoms with Crippen molar-refractivity contribution in [1.82, 2.24) is 15.0 Å². The van der Waals surface area contributed by atoms with Crippen molar-refractivity contribution < 1.29 is 8.83 Å². The molecule has 5 nitrogen and oxygen atoms in total. The molecule has 0 saturated carbocycles. The van der Waals surface area contributed by atoms with Gasteiger partial charge in [-0.15, -0.1) is 0 Å². The molecule has 0 aliphatic carbocycles. The van der Waals surface area contributed by atoms with Crippen molar-refractivity contribution in [2.75, 3.05) is 0 Å². The minimum absolute atomic E-state index is 0.584. The minimum Gasteiger partial charge on any atom is -0.456 e. The average Bonchev–Trinajstić information content (AvgIpc) is 3.72. The molecule has 48 heavy (non-hydrogen) atoms. The third-order valence-electron chi connectivity index (χ3n) is 9.10. The van der Waals surface area contributed by atoms with Crippen molar-refractivity contribution in [1.29, 1.82) is 0 Å². The summed E-state index contributed by atoms with van der Waals surface area (Å²) in [5, 5.41) is 6.44. The van der Waals surface area contributed by atoms with Gasteiger partial charge in [-0.25, -0.2) is 15.0 Å². The van der Waals surface area contributed by atoms with Crippen molar-refractivity contribution in [3.63, 3.8) is 0 Å². The molecule has 7 aromatic carbocycles. The Kier molecular flexibility index (Phi) is 5.81. The first-order valence-corrected chi connectivity index (χ1v) is 15.9. The van der Waals surface area contributed by atoms with E-state index in [9.17, 15) is 0 Å². The molecule has 0 aliphatic heterocycles. The molecule has 10 aromatic rings. The van der Waals surface area contributed by atoms with E-state index in [1.165, 1.54) is 5.39 Å². The SMILES string of the molecule is c1ccc(-c2nc(-c3ccc4ccccc4c3)nc(-c3cc(-c4ccc5oc6ccccc6c5c4)cc4oc5ccccc5c34)n2)cc1. The summed E-state index contributed by atoms with van der Waals surface area (Å²) < 4.78 is 12.6. The van der Waals surface area contributed by atoms with E-state index in [4.69, 9.17) is 23.8 Å². The van der Waals surface area contributed by atoms with Gasteiger partial charge in [0.25, 0.3) is 0 Å². The van der Waals surface area contributed by atoms with E-state index in [-0.39, 0.29) is 0 Å². The lowest BCUT2D eigenvalue weighted by molar-refractivity contribution is 0.669. The molecule has 0 aliphatic rings. The van der Waals surface area contributed by atoms with Crippen LogP contribution in [0, 0.1) is 0 Å². The predicted molar refractivity (Wildman–Crippen MR) is 194 cm³/mol. The highest BCUT2D eigenvalue weighted by molar-refractivity contribution is 6.13. The second kappa shape index (κ2) is 10.5. The molecule has 3 heterocycles. The molecule has 10 rings (SSSR count). The zero-order valence-electron chi connectivity index (χ0n) is 25.6. The summed E-state index contributed by atoms with van der Waals surface area (Å²) in [6.07, 6.45) is 0. The molecule has 0 atom stereocenters. The van der Waals surface area contributed by atoms with Crippen LogP contribution in [0.15, 0.2) is 160 Å². The van der Waals surface area contributed by atoms with Gasteiger partial charge in [-0.05, 0) is 64.4 Å². The number of hydrogen-bond donors (Lipinski definition) is 0. The Morgan fingerprint density at radius 2 is 0.958 bits per heavy atom. The summed E-state index contributed by atoms with van der Waals surface area (Å²) in [4.78, 5) is 15.3. The third-order valence-corrected chi connectivity index (χ3v) is 9.10. The molecule has 0 N–H and O–H groups in total. The molecule has 0 radical (unpaired) electrons. The lowest BCUT2D eigenvalue weighted by atomic mass is 9.97. The first-order chi connectivity index (χ1) is 23.7. The van der Waals surface area contributed by atoms with Gasteiger partial charge in [-0.1, -0.05) is 109 Å². The molecule has 0 fully saturated rings. The normalized spacial score (nSPS) is 11.8. The van der Waals surface area contributed by atoms with Crippen LogP contribution < -0.4 is 0 Å². The fraction of sp³-hybridized carbons (Fsp3) is 0. The molecule has 0 unspecified atom stereocenters. The van der Waals surface area contributed by atoms with E-state index in [0.29, 0.717) is 17.5 Å². The van der Waals surface area contributed by atoms with E-state index < -0.39 is 0 Å². The Labute approximate surface area is 274 Å². The van der Waals surface area contributed by atoms with E-state index in [1.807, 2.05) is 72.8 Å². The molecule has 0 saturated heterocycles. The first kappa shape index (κ1) is 26.6. The quantitative estimate of drug-likeness (QED) is 0.197. The van der Waals surface area contributed by atoms with Crippen molar-refractivity contribution in [2.24, 2.45) is 0 Å². The van der Waals surface area contributed by atoms with Gasteiger partial charge in [0.05, 0.1) is 0 Å². The maximum absolute atomic E-state index is 6.51. The van der Waals surface area contributed by atoms with E-state index in [1.54, 1.807) is 0 Å². The molecule has 0 bridgehead atoms. The smallest absolute Gasteiger partial charge is 0.164 e. The van der Waals surface area contributed by atoms with Crippen molar-refractivity contribution in [3.05, 3.63) is 152 Å². The van der Waals surface area contributed by atoms with Crippen LogP contribution in [0.3, 0.4) is 0 Å². The number of aromatic nitrogens is 3. The zero-order chi connectivity index (χ0) is 31.6. The lowest BCUT2D eigenvalue weighted by Crippen LogP contribution is -2.00. The fourth-order valence-electron chi connectivity index (χ4n) is 6.77. The maximum atomic E-state index is 6.51. The summed E-state index contributed by atoms with van der Waals surface area (Å²) in [7, 11) is 0. The Hall–Kier alpha value is -6.59. The van der Waals surface area contributed by atoms with Crippen LogP contribution in [-0.4, -0.2) is 15.0 Å². The van der Waals surface area contributed by atoms with E-state index in [0.717, 1.165) is 77.1 Å². The van der Waals surface area contributed by atoms with Gasteiger partial charge in [0.1, 0.15) is 22.3 Å². The van der Waals surface area contributed by atoms with Gasteiger partial charge >= 0.3 is 0 Å². The second-order valence-corrected chi connectivity index (χ2v) is 12.0. The summed E-state index contributed by atoms with van der Waals surface area (Å²) in [5.41, 5.74) is 8.09. The molecule has 0 amide bonds. The molecule has 0 spiro atoms. The summed E-state index contributed by atoms with van der Waals surface area (Å²) in [6.45, 7) is 0. The largest absolute Gasteiger partial charge is 0.456 e. The topological polar surface area (TPSA) is 65.0 Å². The molecule has 224 valence electrons. The Morgan fingerprint density at radius 1 is 0.333 bits per heavy atom. The Balaban J connectivity index is 1.25. The van der Waals surface area contributed by atoms with Crippen molar-refractivity contribution in [2.45, 2.75) is 0 Å². The predicted octanol–water partition coefficient (Wildman–Crippen LogP) is 11.5. The molecular formula is C43H25N3O2. The number of benzene rings is 7. The minimum atomic E-state index is 0.584. The van der Waals surface area contributed by atoms with Gasteiger partial charge in [0.15, 0.2) is 17.5 Å². The van der Waals surface area contributed by atoms with Gasteiger partial charge in [-0.2, -0.15) is 0 Å². The van der Waals surface area contributed by atoms with Crippen LogP contribution >= 0.6 is 0 Å². The summed E-state index contributed by atoms with van der Waals surface area (Å²) >= 11 is 0. The third kappa shape index (κ3) is 4.29. The average molecular weight is 616 g/mol. The number of para-hydroxylation sites is 2. The van der Waals surface area contributed by atoms with Gasteiger partial charge in [0.2, 0.25) is 0 Å². The summed E-state index contributed by atoms with van der Waals surface area (Å²) in [5.74, 6) is 1.81. The number of nitrogens with zero attached hydrogens (tertiary/aromatic N) is 3. The number of rotatable bonds is 4. The highest BCUT2D eigenvalue weighted by Crippen LogP contribution is 2.41. The summed E-state index contributed by atoms with van der Waals surface area (Å²) in [6, 6.07) is 51.7. The Morgan fingerprint density at radius 3 is 1.81 bits per heavy atom. The second-order valence-electron chi connectivity index (χ2n) is 12.0. The van der Waals surface area contributed by atoms with Gasteiger partial charge in [0, 0.05) is 38.2 Å². The monoisotopic (exact) mass is 615 g/mol. The van der Waals surface area contributed by atoms with Crippen molar-refractivity contribution >= 4 is 54.6 Å². The van der Waals surface area contributed by atoms with E-state index in [2.05, 4.69) is 78.9 Å². The van der Waals surface area contributed by atoms with Gasteiger partial charge < -0.3 is 8.83 Å². The van der Waals surface area contributed by atoms with Gasteiger partial charge in [-0.3, -0.25) is 0 Å². The van der Waals surface area contributed by atoms with Crippen LogP contribution in [-0.2, 0) is 0 Å². The number of hydrogen-bond acceptors (Lipinski definition) is 5. The highest BCUT2D eigenvalue weighted by Gasteiger charge is 2.20. The lowest BCUT2D eigenvalue weighted by Gasteiger charge is -2.11. The van der Waals surface area contributed by atoms with E-state index >= 15 is 0 Å². The standard InChI is InChI=1S/C43H25N3O2/c1-2-11-27(12-3-1)41-44-42(30-19-18-26-10-4-5-13-28(26)22-30)46-43(45-41)35-24-31(25-39-40(35)33-15-7-9-17-37(33)48-39)29-20-21-38-34(23-29)32-14-6-8-16-36(32)47-38/h1-25H. The fourth-order valence-corrected chi connectivity index (χ4v) is 6.77. The molecular weight excluding hydrogens is 590 g/mol. The number of fused-ring (bicyclic) bond motifs is 7. The Bertz CT molecular complexity index is 2850. The van der Waals surface area contributed by atoms with Crippen LogP contribution in [0.2, 0.25) is 0 Å². The maximum Gasteiger partial charge on any atom is 0.164 e. The van der Waals surface area contributed by atoms with Crippen LogP contribution in [0.25, 0.3) is 99.9 Å². The van der Waals surface area contributed by atoms with Crippen LogP contribution in [0.1, 0.15) is 0 Å². The zero-order valence-corrected chi connectivity index (χ0v) is 25.6. The highest BCUT2D eigenvalue weighted by atomic mass is 16.3. The first-order valence-electron chi connectivity index (χ1n) is 15.9. The van der Waals surface area contributed by atoms with Crippen LogP contribution in [0.4, 0.5) is 0 Å². The van der Waals surface area contributed by atoms with Crippen LogP contribution in [0.5, 0.6) is 0 Å². The number of furan rings is 2. The van der Waals surface area contributed by atoms with Crippen molar-refractivity contribution in [3.8, 4) is 45.3 Å².